The summed E-state index contributed by atoms with van der Waals surface area (Å²) in [5, 5.41) is 5.40. The molecular formula is C20H16Br2Si2. The average Bonchev–Trinajstić information content (AvgIpc) is 2.56. The maximum atomic E-state index is 3.77. The zero-order valence-corrected chi connectivity index (χ0v) is 18.7. The topological polar surface area (TPSA) is 0 Å². The fourth-order valence-corrected chi connectivity index (χ4v) is 6.13. The Balaban J connectivity index is 1.82. The summed E-state index contributed by atoms with van der Waals surface area (Å²) in [6.07, 6.45) is 0. The fraction of sp³-hybridized carbons (Fsp3) is 0.100. The monoisotopic (exact) mass is 470 g/mol. The van der Waals surface area contributed by atoms with Gasteiger partial charge in [0.25, 0.3) is 0 Å². The van der Waals surface area contributed by atoms with Crippen LogP contribution >= 0.6 is 31.9 Å². The summed E-state index contributed by atoms with van der Waals surface area (Å²) in [5.74, 6) is 0. The van der Waals surface area contributed by atoms with E-state index in [1.807, 2.05) is 0 Å². The molecule has 3 aromatic rings. The normalized spacial score (nSPS) is 10.8. The van der Waals surface area contributed by atoms with Gasteiger partial charge in [0.05, 0.1) is 0 Å². The Kier molecular flexibility index (Phi) is 5.92. The molecule has 0 fully saturated rings. The Morgan fingerprint density at radius 2 is 0.917 bits per heavy atom. The summed E-state index contributed by atoms with van der Waals surface area (Å²) in [7, 11) is 1.31. The first-order chi connectivity index (χ1) is 11.5. The van der Waals surface area contributed by atoms with Crippen LogP contribution in [0, 0.1) is 13.8 Å². The summed E-state index contributed by atoms with van der Waals surface area (Å²) in [6, 6.07) is 22.1. The molecule has 4 radical (unpaired) electrons. The van der Waals surface area contributed by atoms with E-state index in [1.165, 1.54) is 40.8 Å². The number of hydrogen-bond acceptors (Lipinski definition) is 0. The van der Waals surface area contributed by atoms with Crippen LogP contribution in [0.5, 0.6) is 0 Å². The van der Waals surface area contributed by atoms with Crippen LogP contribution in [0.25, 0.3) is 0 Å². The van der Waals surface area contributed by atoms with E-state index in [4.69, 9.17) is 0 Å². The standard InChI is InChI=1S/C20H16Br2Si2/c1-13-3-7-15(8-4-13)23-19-11-18(22)20(12-17(19)21)24-16-9-5-14(2)6-10-16/h3-12H,1-2H3. The van der Waals surface area contributed by atoms with Gasteiger partial charge in [-0.15, -0.1) is 0 Å². The van der Waals surface area contributed by atoms with E-state index in [2.05, 4.69) is 106 Å². The lowest BCUT2D eigenvalue weighted by atomic mass is 10.2. The molecule has 0 N–H and O–H groups in total. The van der Waals surface area contributed by atoms with E-state index in [0.717, 1.165) is 0 Å². The second-order valence-electron chi connectivity index (χ2n) is 5.79. The highest BCUT2D eigenvalue weighted by atomic mass is 79.9. The van der Waals surface area contributed by atoms with Crippen molar-refractivity contribution in [3.63, 3.8) is 0 Å². The van der Waals surface area contributed by atoms with Gasteiger partial charge >= 0.3 is 0 Å². The van der Waals surface area contributed by atoms with E-state index in [9.17, 15) is 0 Å². The maximum Gasteiger partial charge on any atom is 0.123 e. The van der Waals surface area contributed by atoms with Crippen molar-refractivity contribution in [1.82, 2.24) is 0 Å². The van der Waals surface area contributed by atoms with E-state index < -0.39 is 0 Å². The second-order valence-corrected chi connectivity index (χ2v) is 10.2. The highest BCUT2D eigenvalue weighted by Gasteiger charge is 2.10. The zero-order valence-electron chi connectivity index (χ0n) is 13.5. The SMILES string of the molecule is Cc1ccc([Si]c2cc(Br)c([Si]c3ccc(C)cc3)cc2Br)cc1. The fourth-order valence-electron chi connectivity index (χ4n) is 2.32. The van der Waals surface area contributed by atoms with E-state index >= 15 is 0 Å². The molecule has 118 valence electrons. The Hall–Kier alpha value is -0.946. The largest absolute Gasteiger partial charge is 0.123 e. The molecule has 0 unspecified atom stereocenters. The van der Waals surface area contributed by atoms with Gasteiger partial charge in [0.1, 0.15) is 19.0 Å². The van der Waals surface area contributed by atoms with Crippen LogP contribution in [0.1, 0.15) is 11.1 Å². The molecule has 0 bridgehead atoms. The Morgan fingerprint density at radius 3 is 1.25 bits per heavy atom. The third-order valence-electron chi connectivity index (χ3n) is 3.72. The highest BCUT2D eigenvalue weighted by molar-refractivity contribution is 9.11. The van der Waals surface area contributed by atoms with Crippen molar-refractivity contribution < 1.29 is 0 Å². The Morgan fingerprint density at radius 1 is 0.583 bits per heavy atom. The van der Waals surface area contributed by atoms with Crippen molar-refractivity contribution in [2.75, 3.05) is 0 Å². The van der Waals surface area contributed by atoms with Crippen LogP contribution < -0.4 is 20.7 Å². The quantitative estimate of drug-likeness (QED) is 0.512. The number of benzene rings is 3. The molecule has 0 aliphatic rings. The van der Waals surface area contributed by atoms with Gasteiger partial charge in [-0.05, 0) is 36.4 Å². The van der Waals surface area contributed by atoms with Gasteiger partial charge in [0, 0.05) is 8.95 Å². The molecule has 0 atom stereocenters. The molecule has 0 saturated heterocycles. The minimum Gasteiger partial charge on any atom is -0.0628 e. The van der Waals surface area contributed by atoms with Crippen molar-refractivity contribution in [2.45, 2.75) is 13.8 Å². The first kappa shape index (κ1) is 17.9. The highest BCUT2D eigenvalue weighted by Crippen LogP contribution is 2.11. The van der Waals surface area contributed by atoms with Crippen LogP contribution in [0.3, 0.4) is 0 Å². The van der Waals surface area contributed by atoms with Crippen molar-refractivity contribution >= 4 is 71.6 Å². The molecule has 0 saturated carbocycles. The second kappa shape index (κ2) is 7.96. The van der Waals surface area contributed by atoms with Gasteiger partial charge < -0.3 is 0 Å². The van der Waals surface area contributed by atoms with Gasteiger partial charge in [-0.3, -0.25) is 0 Å². The van der Waals surface area contributed by atoms with Gasteiger partial charge in [0.15, 0.2) is 0 Å². The van der Waals surface area contributed by atoms with E-state index in [1.54, 1.807) is 0 Å². The molecule has 0 aliphatic heterocycles. The number of halogens is 2. The summed E-state index contributed by atoms with van der Waals surface area (Å²) < 4.78 is 2.39. The maximum absolute atomic E-state index is 3.77. The molecule has 0 heterocycles. The molecule has 0 nitrogen and oxygen atoms in total. The number of hydrogen-bond donors (Lipinski definition) is 0. The predicted octanol–water partition coefficient (Wildman–Crippen LogP) is 3.14. The summed E-state index contributed by atoms with van der Waals surface area (Å²) in [5.41, 5.74) is 2.61. The smallest absolute Gasteiger partial charge is 0.0628 e. The van der Waals surface area contributed by atoms with Gasteiger partial charge in [-0.2, -0.15) is 0 Å². The molecule has 0 spiro atoms. The third kappa shape index (κ3) is 4.57. The van der Waals surface area contributed by atoms with Gasteiger partial charge in [-0.1, -0.05) is 102 Å². The number of aryl methyl sites for hydroxylation is 2. The molecular weight excluding hydrogens is 456 g/mol. The average molecular weight is 472 g/mol. The Labute approximate surface area is 165 Å². The van der Waals surface area contributed by atoms with Crippen LogP contribution in [-0.2, 0) is 0 Å². The van der Waals surface area contributed by atoms with Crippen LogP contribution in [0.4, 0.5) is 0 Å². The first-order valence-electron chi connectivity index (χ1n) is 7.68. The zero-order chi connectivity index (χ0) is 17.1. The third-order valence-corrected chi connectivity index (χ3v) is 8.37. The van der Waals surface area contributed by atoms with Crippen molar-refractivity contribution in [3.8, 4) is 0 Å². The van der Waals surface area contributed by atoms with Crippen LogP contribution in [0.15, 0.2) is 69.6 Å². The molecule has 4 heteroatoms. The lowest BCUT2D eigenvalue weighted by Gasteiger charge is -2.10. The summed E-state index contributed by atoms with van der Waals surface area (Å²) in [4.78, 5) is 0. The molecule has 0 aromatic heterocycles. The molecule has 0 aliphatic carbocycles. The van der Waals surface area contributed by atoms with E-state index in [-0.39, 0.29) is 0 Å². The molecule has 0 amide bonds. The minimum absolute atomic E-state index is 0.657. The molecule has 3 rings (SSSR count). The lowest BCUT2D eigenvalue weighted by Crippen LogP contribution is -2.33. The summed E-state index contributed by atoms with van der Waals surface area (Å²) >= 11 is 7.54. The van der Waals surface area contributed by atoms with Crippen molar-refractivity contribution in [2.24, 2.45) is 0 Å². The molecule has 3 aromatic carbocycles. The van der Waals surface area contributed by atoms with Crippen LogP contribution in [0.2, 0.25) is 0 Å². The predicted molar refractivity (Wildman–Crippen MR) is 114 cm³/mol. The van der Waals surface area contributed by atoms with E-state index in [0.29, 0.717) is 19.0 Å². The van der Waals surface area contributed by atoms with Crippen LogP contribution in [-0.4, -0.2) is 19.0 Å². The van der Waals surface area contributed by atoms with Crippen molar-refractivity contribution in [3.05, 3.63) is 80.7 Å². The Bertz CT molecular complexity index is 768. The first-order valence-corrected chi connectivity index (χ1v) is 11.3. The molecule has 24 heavy (non-hydrogen) atoms. The minimum atomic E-state index is 0.657. The van der Waals surface area contributed by atoms with Gasteiger partial charge in [-0.25, -0.2) is 0 Å². The number of rotatable bonds is 4. The summed E-state index contributed by atoms with van der Waals surface area (Å²) in [6.45, 7) is 4.25. The van der Waals surface area contributed by atoms with Crippen molar-refractivity contribution in [1.29, 1.82) is 0 Å². The van der Waals surface area contributed by atoms with Gasteiger partial charge in [0.2, 0.25) is 0 Å². The lowest BCUT2D eigenvalue weighted by molar-refractivity contribution is 1.49.